The van der Waals surface area contributed by atoms with Gasteiger partial charge in [-0.3, -0.25) is 4.79 Å². The molecule has 0 aromatic heterocycles. The first-order valence-electron chi connectivity index (χ1n) is 5.27. The molecule has 3 aliphatic rings. The zero-order valence-electron chi connectivity index (χ0n) is 8.86. The van der Waals surface area contributed by atoms with E-state index in [9.17, 15) is 4.79 Å². The number of carbonyl (C=O) groups excluding carboxylic acids is 1. The van der Waals surface area contributed by atoms with Crippen molar-refractivity contribution >= 4 is 5.91 Å². The number of rotatable bonds is 1. The van der Waals surface area contributed by atoms with E-state index < -0.39 is 0 Å². The Kier molecular flexibility index (Phi) is 2.35. The van der Waals surface area contributed by atoms with Gasteiger partial charge in [0.15, 0.2) is 0 Å². The molecule has 2 unspecified atom stereocenters. The number of hydrogen-bond acceptors (Lipinski definition) is 2. The van der Waals surface area contributed by atoms with E-state index in [0.29, 0.717) is 17.9 Å². The molecule has 2 N–H and O–H groups in total. The molecule has 3 rings (SSSR count). The fourth-order valence-corrected chi connectivity index (χ4v) is 2.44. The fourth-order valence-electron chi connectivity index (χ4n) is 2.44. The largest absolute Gasteiger partial charge is 0.338 e. The fraction of sp³-hybridized carbons (Fsp3) is 0.727. The van der Waals surface area contributed by atoms with Crippen LogP contribution in [0.2, 0.25) is 0 Å². The molecule has 1 amide bonds. The van der Waals surface area contributed by atoms with Crippen molar-refractivity contribution in [3.8, 4) is 0 Å². The summed E-state index contributed by atoms with van der Waals surface area (Å²) in [6.45, 7) is 5.63. The van der Waals surface area contributed by atoms with E-state index in [1.807, 2.05) is 18.7 Å². The average molecular weight is 194 g/mol. The summed E-state index contributed by atoms with van der Waals surface area (Å²) in [5, 5.41) is 0. The Morgan fingerprint density at radius 2 is 1.93 bits per heavy atom. The van der Waals surface area contributed by atoms with Gasteiger partial charge in [-0.1, -0.05) is 5.57 Å². The SMILES string of the molecule is CC(C)=CC(=O)N1CC2CC(C1)C2N. The minimum Gasteiger partial charge on any atom is -0.338 e. The van der Waals surface area contributed by atoms with Crippen LogP contribution < -0.4 is 5.73 Å². The van der Waals surface area contributed by atoms with Crippen LogP contribution in [0.25, 0.3) is 0 Å². The van der Waals surface area contributed by atoms with Gasteiger partial charge in [0.25, 0.3) is 0 Å². The normalized spacial score (nSPS) is 34.8. The van der Waals surface area contributed by atoms with Gasteiger partial charge >= 0.3 is 0 Å². The monoisotopic (exact) mass is 194 g/mol. The van der Waals surface area contributed by atoms with Crippen molar-refractivity contribution in [1.82, 2.24) is 4.90 Å². The highest BCUT2D eigenvalue weighted by Gasteiger charge is 2.45. The third-order valence-electron chi connectivity index (χ3n) is 3.33. The van der Waals surface area contributed by atoms with Crippen LogP contribution in [-0.2, 0) is 4.79 Å². The van der Waals surface area contributed by atoms with Gasteiger partial charge in [-0.15, -0.1) is 0 Å². The molecule has 14 heavy (non-hydrogen) atoms. The van der Waals surface area contributed by atoms with E-state index in [0.717, 1.165) is 18.7 Å². The van der Waals surface area contributed by atoms with E-state index in [-0.39, 0.29) is 5.91 Å². The van der Waals surface area contributed by atoms with Crippen molar-refractivity contribution < 1.29 is 4.79 Å². The van der Waals surface area contributed by atoms with Gasteiger partial charge in [0.2, 0.25) is 5.91 Å². The van der Waals surface area contributed by atoms with E-state index in [1.54, 1.807) is 6.08 Å². The maximum Gasteiger partial charge on any atom is 0.246 e. The molecule has 3 fully saturated rings. The van der Waals surface area contributed by atoms with Crippen molar-refractivity contribution in [1.29, 1.82) is 0 Å². The van der Waals surface area contributed by atoms with Gasteiger partial charge in [-0.25, -0.2) is 0 Å². The average Bonchev–Trinajstić information content (AvgIpc) is 2.16. The van der Waals surface area contributed by atoms with Gasteiger partial charge in [0, 0.05) is 25.2 Å². The standard InChI is InChI=1S/C11H18N2O/c1-7(2)3-10(14)13-5-8-4-9(6-13)11(8)12/h3,8-9,11H,4-6,12H2,1-2H3. The van der Waals surface area contributed by atoms with Crippen LogP contribution in [0.3, 0.4) is 0 Å². The van der Waals surface area contributed by atoms with E-state index in [4.69, 9.17) is 5.73 Å². The molecule has 0 radical (unpaired) electrons. The van der Waals surface area contributed by atoms with Gasteiger partial charge in [0.05, 0.1) is 0 Å². The molecule has 1 saturated carbocycles. The van der Waals surface area contributed by atoms with Crippen LogP contribution in [-0.4, -0.2) is 29.9 Å². The molecule has 2 atom stereocenters. The van der Waals surface area contributed by atoms with Crippen LogP contribution in [0, 0.1) is 11.8 Å². The molecular weight excluding hydrogens is 176 g/mol. The number of nitrogens with two attached hydrogens (primary N) is 1. The predicted octanol–water partition coefficient (Wildman–Crippen LogP) is 0.758. The van der Waals surface area contributed by atoms with Crippen LogP contribution in [0.1, 0.15) is 20.3 Å². The first-order chi connectivity index (χ1) is 6.58. The lowest BCUT2D eigenvalue weighted by atomic mass is 9.67. The topological polar surface area (TPSA) is 46.3 Å². The Morgan fingerprint density at radius 1 is 1.36 bits per heavy atom. The lowest BCUT2D eigenvalue weighted by Crippen LogP contribution is -2.62. The van der Waals surface area contributed by atoms with Crippen molar-refractivity contribution in [3.05, 3.63) is 11.6 Å². The molecule has 1 aliphatic carbocycles. The Labute approximate surface area is 84.9 Å². The molecule has 2 saturated heterocycles. The number of amides is 1. The lowest BCUT2D eigenvalue weighted by molar-refractivity contribution is -0.133. The van der Waals surface area contributed by atoms with E-state index in [2.05, 4.69) is 0 Å². The smallest absolute Gasteiger partial charge is 0.246 e. The van der Waals surface area contributed by atoms with Crippen molar-refractivity contribution in [2.75, 3.05) is 13.1 Å². The van der Waals surface area contributed by atoms with Gasteiger partial charge < -0.3 is 10.6 Å². The molecule has 2 heterocycles. The van der Waals surface area contributed by atoms with Crippen LogP contribution in [0.5, 0.6) is 0 Å². The predicted molar refractivity (Wildman–Crippen MR) is 55.6 cm³/mol. The minimum atomic E-state index is 0.159. The molecule has 3 heteroatoms. The molecule has 3 nitrogen and oxygen atoms in total. The minimum absolute atomic E-state index is 0.159. The third-order valence-corrected chi connectivity index (χ3v) is 3.33. The van der Waals surface area contributed by atoms with Gasteiger partial charge in [-0.05, 0) is 32.1 Å². The first kappa shape index (κ1) is 9.71. The maximum absolute atomic E-state index is 11.7. The van der Waals surface area contributed by atoms with Crippen molar-refractivity contribution in [3.63, 3.8) is 0 Å². The van der Waals surface area contributed by atoms with Gasteiger partial charge in [0.1, 0.15) is 0 Å². The van der Waals surface area contributed by atoms with E-state index >= 15 is 0 Å². The summed E-state index contributed by atoms with van der Waals surface area (Å²) in [7, 11) is 0. The summed E-state index contributed by atoms with van der Waals surface area (Å²) in [6, 6.07) is 0.353. The quantitative estimate of drug-likeness (QED) is 0.626. The molecule has 0 aromatic rings. The van der Waals surface area contributed by atoms with Crippen LogP contribution in [0.4, 0.5) is 0 Å². The molecule has 78 valence electrons. The second-order valence-corrected chi connectivity index (χ2v) is 4.80. The van der Waals surface area contributed by atoms with Crippen LogP contribution in [0.15, 0.2) is 11.6 Å². The van der Waals surface area contributed by atoms with Crippen LogP contribution >= 0.6 is 0 Å². The number of fused-ring (bicyclic) bond motifs is 2. The van der Waals surface area contributed by atoms with Crippen molar-refractivity contribution in [2.24, 2.45) is 17.6 Å². The lowest BCUT2D eigenvalue weighted by Gasteiger charge is -2.51. The van der Waals surface area contributed by atoms with Gasteiger partial charge in [-0.2, -0.15) is 0 Å². The number of allylic oxidation sites excluding steroid dienone is 1. The summed E-state index contributed by atoms with van der Waals surface area (Å²) in [5.74, 6) is 1.28. The maximum atomic E-state index is 11.7. The zero-order chi connectivity index (χ0) is 10.3. The first-order valence-corrected chi connectivity index (χ1v) is 5.27. The highest BCUT2D eigenvalue weighted by atomic mass is 16.2. The molecule has 2 aliphatic heterocycles. The molecule has 0 spiro atoms. The molecule has 0 aromatic carbocycles. The second kappa shape index (κ2) is 3.39. The Bertz CT molecular complexity index is 269. The number of hydrogen-bond donors (Lipinski definition) is 1. The molecular formula is C11H18N2O. The highest BCUT2D eigenvalue weighted by Crippen LogP contribution is 2.38. The zero-order valence-corrected chi connectivity index (χ0v) is 8.86. The number of carbonyl (C=O) groups is 1. The number of piperidine rings is 2. The summed E-state index contributed by atoms with van der Waals surface area (Å²) in [4.78, 5) is 13.6. The third kappa shape index (κ3) is 1.57. The highest BCUT2D eigenvalue weighted by molar-refractivity contribution is 5.88. The number of nitrogens with zero attached hydrogens (tertiary/aromatic N) is 1. The second-order valence-electron chi connectivity index (χ2n) is 4.80. The Morgan fingerprint density at radius 3 is 2.36 bits per heavy atom. The summed E-state index contributed by atoms with van der Waals surface area (Å²) in [5.41, 5.74) is 7.01. The Balaban J connectivity index is 1.96. The summed E-state index contributed by atoms with van der Waals surface area (Å²) >= 11 is 0. The molecule has 2 bridgehead atoms. The van der Waals surface area contributed by atoms with Crippen molar-refractivity contribution in [2.45, 2.75) is 26.3 Å². The summed E-state index contributed by atoms with van der Waals surface area (Å²) < 4.78 is 0. The van der Waals surface area contributed by atoms with E-state index in [1.165, 1.54) is 6.42 Å². The summed E-state index contributed by atoms with van der Waals surface area (Å²) in [6.07, 6.45) is 2.94. The Hall–Kier alpha value is -0.830.